The fraction of sp³-hybridized carbons (Fsp3) is 0.562. The zero-order valence-electron chi connectivity index (χ0n) is 12.7. The summed E-state index contributed by atoms with van der Waals surface area (Å²) in [5.74, 6) is 0.167. The van der Waals surface area contributed by atoms with Crippen LogP contribution in [0.5, 0.6) is 5.75 Å². The predicted molar refractivity (Wildman–Crippen MR) is 80.9 cm³/mol. The van der Waals surface area contributed by atoms with Crippen molar-refractivity contribution >= 4 is 5.91 Å². The quantitative estimate of drug-likeness (QED) is 0.887. The summed E-state index contributed by atoms with van der Waals surface area (Å²) in [5.41, 5.74) is 6.37. The van der Waals surface area contributed by atoms with Gasteiger partial charge in [-0.1, -0.05) is 12.1 Å². The molecule has 3 N–H and O–H groups in total. The normalized spacial score (nSPS) is 19.0. The topological polar surface area (TPSA) is 75.8 Å². The maximum absolute atomic E-state index is 12.8. The molecule has 21 heavy (non-hydrogen) atoms. The van der Waals surface area contributed by atoms with E-state index in [0.29, 0.717) is 32.6 Å². The van der Waals surface area contributed by atoms with Crippen molar-refractivity contribution in [3.63, 3.8) is 0 Å². The molecule has 1 aliphatic heterocycles. The summed E-state index contributed by atoms with van der Waals surface area (Å²) in [6.45, 7) is 5.54. The number of rotatable bonds is 4. The lowest BCUT2D eigenvalue weighted by molar-refractivity contribution is -0.142. The molecule has 0 bridgehead atoms. The van der Waals surface area contributed by atoms with Crippen LogP contribution in [0.2, 0.25) is 0 Å². The molecule has 1 aromatic carbocycles. The van der Waals surface area contributed by atoms with Crippen molar-refractivity contribution in [3.8, 4) is 5.75 Å². The summed E-state index contributed by atoms with van der Waals surface area (Å²) in [7, 11) is 0. The Morgan fingerprint density at radius 1 is 1.48 bits per heavy atom. The van der Waals surface area contributed by atoms with Crippen LogP contribution in [0.3, 0.4) is 0 Å². The molecule has 1 aromatic rings. The van der Waals surface area contributed by atoms with Gasteiger partial charge in [0.05, 0.1) is 11.6 Å². The van der Waals surface area contributed by atoms with Crippen LogP contribution in [0.1, 0.15) is 38.3 Å². The highest BCUT2D eigenvalue weighted by Crippen LogP contribution is 2.28. The Labute approximate surface area is 125 Å². The average molecular weight is 292 g/mol. The van der Waals surface area contributed by atoms with Crippen molar-refractivity contribution in [2.75, 3.05) is 19.8 Å². The van der Waals surface area contributed by atoms with Crippen molar-refractivity contribution < 1.29 is 14.6 Å². The molecular formula is C16H24N2O3. The molecule has 5 heteroatoms. The first-order valence-corrected chi connectivity index (χ1v) is 7.44. The SMILES string of the molecule is CCN(C(=O)C1(N)CCOCC1)C(C)c1cccc(O)c1. The van der Waals surface area contributed by atoms with E-state index in [1.54, 1.807) is 23.1 Å². The number of aromatic hydroxyl groups is 1. The molecule has 0 aliphatic carbocycles. The van der Waals surface area contributed by atoms with Gasteiger partial charge < -0.3 is 20.5 Å². The van der Waals surface area contributed by atoms with Crippen LogP contribution in [-0.4, -0.2) is 41.2 Å². The Hall–Kier alpha value is -1.59. The molecule has 0 radical (unpaired) electrons. The van der Waals surface area contributed by atoms with Crippen LogP contribution in [-0.2, 0) is 9.53 Å². The molecular weight excluding hydrogens is 268 g/mol. The molecule has 0 aromatic heterocycles. The number of hydrogen-bond donors (Lipinski definition) is 2. The first-order chi connectivity index (χ1) is 9.98. The lowest BCUT2D eigenvalue weighted by Crippen LogP contribution is -2.58. The lowest BCUT2D eigenvalue weighted by atomic mass is 9.88. The highest BCUT2D eigenvalue weighted by atomic mass is 16.5. The molecule has 1 fully saturated rings. The fourth-order valence-corrected chi connectivity index (χ4v) is 2.79. The van der Waals surface area contributed by atoms with Gasteiger partial charge in [-0.3, -0.25) is 4.79 Å². The zero-order valence-corrected chi connectivity index (χ0v) is 12.7. The third-order valence-corrected chi connectivity index (χ3v) is 4.23. The summed E-state index contributed by atoms with van der Waals surface area (Å²) in [6, 6.07) is 6.88. The van der Waals surface area contributed by atoms with E-state index in [-0.39, 0.29) is 17.7 Å². The molecule has 1 unspecified atom stereocenters. The van der Waals surface area contributed by atoms with E-state index < -0.39 is 5.54 Å². The van der Waals surface area contributed by atoms with Gasteiger partial charge in [0, 0.05) is 19.8 Å². The van der Waals surface area contributed by atoms with Gasteiger partial charge in [0.15, 0.2) is 0 Å². The summed E-state index contributed by atoms with van der Waals surface area (Å²) in [5, 5.41) is 9.61. The largest absolute Gasteiger partial charge is 0.508 e. The number of phenols is 1. The van der Waals surface area contributed by atoms with Gasteiger partial charge in [-0.15, -0.1) is 0 Å². The van der Waals surface area contributed by atoms with E-state index in [4.69, 9.17) is 10.5 Å². The minimum absolute atomic E-state index is 0.0378. The molecule has 2 rings (SSSR count). The molecule has 1 amide bonds. The van der Waals surface area contributed by atoms with E-state index in [1.807, 2.05) is 19.9 Å². The molecule has 1 heterocycles. The predicted octanol–water partition coefficient (Wildman–Crippen LogP) is 1.81. The second-order valence-electron chi connectivity index (χ2n) is 5.63. The number of carbonyl (C=O) groups excluding carboxylic acids is 1. The third kappa shape index (κ3) is 3.36. The minimum atomic E-state index is -0.834. The number of amides is 1. The monoisotopic (exact) mass is 292 g/mol. The highest BCUT2D eigenvalue weighted by molar-refractivity contribution is 5.86. The van der Waals surface area contributed by atoms with Gasteiger partial charge in [0.2, 0.25) is 5.91 Å². The van der Waals surface area contributed by atoms with Gasteiger partial charge >= 0.3 is 0 Å². The first-order valence-electron chi connectivity index (χ1n) is 7.44. The Morgan fingerprint density at radius 3 is 2.71 bits per heavy atom. The van der Waals surface area contributed by atoms with Crippen LogP contribution in [0.25, 0.3) is 0 Å². The Morgan fingerprint density at radius 2 is 2.14 bits per heavy atom. The molecule has 1 saturated heterocycles. The van der Waals surface area contributed by atoms with Crippen LogP contribution >= 0.6 is 0 Å². The number of nitrogens with zero attached hydrogens (tertiary/aromatic N) is 1. The second kappa shape index (κ2) is 6.45. The Kier molecular flexibility index (Phi) is 4.85. The van der Waals surface area contributed by atoms with E-state index in [9.17, 15) is 9.90 Å². The molecule has 5 nitrogen and oxygen atoms in total. The summed E-state index contributed by atoms with van der Waals surface area (Å²) in [6.07, 6.45) is 1.10. The Bertz CT molecular complexity index is 498. The van der Waals surface area contributed by atoms with Gasteiger partial charge in [0.1, 0.15) is 5.75 Å². The summed E-state index contributed by atoms with van der Waals surface area (Å²) in [4.78, 5) is 14.6. The Balaban J connectivity index is 2.20. The number of hydrogen-bond acceptors (Lipinski definition) is 4. The fourth-order valence-electron chi connectivity index (χ4n) is 2.79. The molecule has 116 valence electrons. The minimum Gasteiger partial charge on any atom is -0.508 e. The highest BCUT2D eigenvalue weighted by Gasteiger charge is 2.40. The molecule has 1 atom stereocenters. The second-order valence-corrected chi connectivity index (χ2v) is 5.63. The van der Waals surface area contributed by atoms with Gasteiger partial charge in [-0.25, -0.2) is 0 Å². The number of carbonyl (C=O) groups is 1. The van der Waals surface area contributed by atoms with E-state index >= 15 is 0 Å². The van der Waals surface area contributed by atoms with E-state index in [2.05, 4.69) is 0 Å². The summed E-state index contributed by atoms with van der Waals surface area (Å²) >= 11 is 0. The molecule has 1 aliphatic rings. The van der Waals surface area contributed by atoms with Gasteiger partial charge in [0.25, 0.3) is 0 Å². The molecule has 0 saturated carbocycles. The number of benzene rings is 1. The first kappa shape index (κ1) is 15.8. The van der Waals surface area contributed by atoms with Crippen molar-refractivity contribution in [3.05, 3.63) is 29.8 Å². The van der Waals surface area contributed by atoms with E-state index in [1.165, 1.54) is 0 Å². The number of likely N-dealkylation sites (N-methyl/N-ethyl adjacent to an activating group) is 1. The third-order valence-electron chi connectivity index (χ3n) is 4.23. The van der Waals surface area contributed by atoms with Crippen molar-refractivity contribution in [1.29, 1.82) is 0 Å². The van der Waals surface area contributed by atoms with E-state index in [0.717, 1.165) is 5.56 Å². The van der Waals surface area contributed by atoms with Crippen molar-refractivity contribution in [2.24, 2.45) is 5.73 Å². The van der Waals surface area contributed by atoms with Crippen LogP contribution in [0.15, 0.2) is 24.3 Å². The van der Waals surface area contributed by atoms with Crippen molar-refractivity contribution in [2.45, 2.75) is 38.3 Å². The summed E-state index contributed by atoms with van der Waals surface area (Å²) < 4.78 is 5.31. The maximum Gasteiger partial charge on any atom is 0.243 e. The van der Waals surface area contributed by atoms with Crippen LogP contribution in [0.4, 0.5) is 0 Å². The standard InChI is InChI=1S/C16H24N2O3/c1-3-18(12(2)13-5-4-6-14(19)11-13)15(20)16(17)7-9-21-10-8-16/h4-6,11-12,19H,3,7-10,17H2,1-2H3. The smallest absolute Gasteiger partial charge is 0.243 e. The van der Waals surface area contributed by atoms with Gasteiger partial charge in [-0.05, 0) is 44.4 Å². The van der Waals surface area contributed by atoms with Gasteiger partial charge in [-0.2, -0.15) is 0 Å². The lowest BCUT2D eigenvalue weighted by Gasteiger charge is -2.39. The van der Waals surface area contributed by atoms with Crippen LogP contribution < -0.4 is 5.73 Å². The van der Waals surface area contributed by atoms with Crippen molar-refractivity contribution in [1.82, 2.24) is 4.90 Å². The number of phenolic OH excluding ortho intramolecular Hbond substituents is 1. The van der Waals surface area contributed by atoms with Crippen LogP contribution in [0, 0.1) is 0 Å². The number of nitrogens with two attached hydrogens (primary N) is 1. The average Bonchev–Trinajstić information content (AvgIpc) is 2.48. The zero-order chi connectivity index (χ0) is 15.5. The number of ether oxygens (including phenoxy) is 1. The molecule has 0 spiro atoms. The maximum atomic E-state index is 12.8.